The first-order chi connectivity index (χ1) is 15.4. The van der Waals surface area contributed by atoms with Crippen LogP contribution in [-0.4, -0.2) is 34.8 Å². The highest BCUT2D eigenvalue weighted by Gasteiger charge is 2.24. The van der Waals surface area contributed by atoms with Crippen LogP contribution in [0.2, 0.25) is 0 Å². The molecule has 1 N–H and O–H groups in total. The Bertz CT molecular complexity index is 1480. The zero-order valence-corrected chi connectivity index (χ0v) is 18.2. The van der Waals surface area contributed by atoms with Crippen LogP contribution < -0.4 is 16.8 Å². The first-order valence-corrected chi connectivity index (χ1v) is 10.4. The topological polar surface area (TPSA) is 113 Å². The number of hydrogen-bond donors (Lipinski definition) is 1. The minimum absolute atomic E-state index is 0.0220. The maximum atomic E-state index is 13.4. The van der Waals surface area contributed by atoms with Crippen LogP contribution in [0.1, 0.15) is 30.9 Å². The van der Waals surface area contributed by atoms with Crippen LogP contribution in [0.5, 0.6) is 5.88 Å². The maximum absolute atomic E-state index is 13.4. The Morgan fingerprint density at radius 2 is 1.75 bits per heavy atom. The van der Waals surface area contributed by atoms with Crippen molar-refractivity contribution < 1.29 is 9.84 Å². The molecule has 0 aliphatic carbocycles. The van der Waals surface area contributed by atoms with E-state index < -0.39 is 16.8 Å². The second-order valence-electron chi connectivity index (χ2n) is 7.71. The fourth-order valence-electron chi connectivity index (χ4n) is 3.70. The Labute approximate surface area is 182 Å². The second-order valence-corrected chi connectivity index (χ2v) is 7.71. The third kappa shape index (κ3) is 3.42. The molecule has 0 bridgehead atoms. The molecule has 0 aliphatic heterocycles. The highest BCUT2D eigenvalue weighted by Crippen LogP contribution is 2.22. The quantitative estimate of drug-likeness (QED) is 0.432. The standard InChI is InChI=1S/C22H25N5O5/c1-4-5-11-32-13-15-18(28)26(12-14-9-7-6-8-10-14)21-23-17-16(27(21)19(15)29)20(30)25(3)22(31)24(17)2/h6-10,28H,4-5,11-13H2,1-3H3. The van der Waals surface area contributed by atoms with Crippen molar-refractivity contribution in [3.8, 4) is 5.88 Å². The third-order valence-corrected chi connectivity index (χ3v) is 5.54. The predicted octanol–water partition coefficient (Wildman–Crippen LogP) is 1.12. The molecule has 32 heavy (non-hydrogen) atoms. The van der Waals surface area contributed by atoms with Gasteiger partial charge in [0.1, 0.15) is 5.56 Å². The Hall–Kier alpha value is -3.66. The minimum atomic E-state index is -0.637. The SMILES string of the molecule is CCCCOCc1c(O)n(Cc2ccccc2)c2nc3c(c(=O)n(C)c(=O)n3C)n2c1=O. The van der Waals surface area contributed by atoms with E-state index in [0.29, 0.717) is 6.61 Å². The number of aryl methyl sites for hydroxylation is 1. The molecule has 4 aromatic rings. The first kappa shape index (κ1) is 21.6. The average molecular weight is 439 g/mol. The summed E-state index contributed by atoms with van der Waals surface area (Å²) in [7, 11) is 2.83. The molecular weight excluding hydrogens is 414 g/mol. The second kappa shape index (κ2) is 8.46. The smallest absolute Gasteiger partial charge is 0.332 e. The van der Waals surface area contributed by atoms with Crippen LogP contribution in [0.15, 0.2) is 44.7 Å². The van der Waals surface area contributed by atoms with Crippen molar-refractivity contribution in [2.75, 3.05) is 6.61 Å². The van der Waals surface area contributed by atoms with Crippen molar-refractivity contribution in [3.05, 3.63) is 72.7 Å². The van der Waals surface area contributed by atoms with Crippen molar-refractivity contribution in [3.63, 3.8) is 0 Å². The molecule has 4 rings (SSSR count). The van der Waals surface area contributed by atoms with Gasteiger partial charge < -0.3 is 9.84 Å². The number of fused-ring (bicyclic) bond motifs is 3. The van der Waals surface area contributed by atoms with E-state index in [0.717, 1.165) is 27.4 Å². The van der Waals surface area contributed by atoms with E-state index in [-0.39, 0.29) is 41.5 Å². The van der Waals surface area contributed by atoms with Crippen LogP contribution in [0.3, 0.4) is 0 Å². The lowest BCUT2D eigenvalue weighted by atomic mass is 10.2. The van der Waals surface area contributed by atoms with Gasteiger partial charge in [0.25, 0.3) is 11.1 Å². The molecular formula is C22H25N5O5. The summed E-state index contributed by atoms with van der Waals surface area (Å²) < 4.78 is 10.4. The number of rotatable bonds is 7. The molecule has 10 nitrogen and oxygen atoms in total. The fraction of sp³-hybridized carbons (Fsp3) is 0.364. The van der Waals surface area contributed by atoms with Gasteiger partial charge in [0.05, 0.1) is 13.2 Å². The Morgan fingerprint density at radius 3 is 2.44 bits per heavy atom. The molecule has 0 unspecified atom stereocenters. The monoisotopic (exact) mass is 439 g/mol. The molecule has 0 radical (unpaired) electrons. The lowest BCUT2D eigenvalue weighted by Crippen LogP contribution is -2.38. The van der Waals surface area contributed by atoms with Gasteiger partial charge in [-0.15, -0.1) is 0 Å². The lowest BCUT2D eigenvalue weighted by molar-refractivity contribution is 0.114. The highest BCUT2D eigenvalue weighted by atomic mass is 16.5. The summed E-state index contributed by atoms with van der Waals surface area (Å²) in [5.41, 5.74) is -0.856. The molecule has 0 saturated carbocycles. The van der Waals surface area contributed by atoms with Crippen molar-refractivity contribution in [1.29, 1.82) is 0 Å². The van der Waals surface area contributed by atoms with E-state index in [1.54, 1.807) is 0 Å². The molecule has 0 atom stereocenters. The van der Waals surface area contributed by atoms with Crippen LogP contribution in [0, 0.1) is 0 Å². The van der Waals surface area contributed by atoms with Crippen LogP contribution >= 0.6 is 0 Å². The molecule has 0 fully saturated rings. The highest BCUT2D eigenvalue weighted by molar-refractivity contribution is 5.75. The molecule has 0 saturated heterocycles. The number of aromatic nitrogens is 5. The van der Waals surface area contributed by atoms with E-state index in [4.69, 9.17) is 4.74 Å². The van der Waals surface area contributed by atoms with Gasteiger partial charge in [-0.3, -0.25) is 23.3 Å². The summed E-state index contributed by atoms with van der Waals surface area (Å²) in [5, 5.41) is 11.0. The van der Waals surface area contributed by atoms with E-state index >= 15 is 0 Å². The van der Waals surface area contributed by atoms with Gasteiger partial charge in [-0.2, -0.15) is 4.98 Å². The molecule has 1 aromatic carbocycles. The van der Waals surface area contributed by atoms with Crippen LogP contribution in [0.25, 0.3) is 16.9 Å². The van der Waals surface area contributed by atoms with Gasteiger partial charge in [0.2, 0.25) is 11.7 Å². The maximum Gasteiger partial charge on any atom is 0.332 e. The number of unbranched alkanes of at least 4 members (excludes halogenated alkanes) is 1. The normalized spacial score (nSPS) is 11.6. The summed E-state index contributed by atoms with van der Waals surface area (Å²) in [6, 6.07) is 9.36. The number of imidazole rings is 1. The van der Waals surface area contributed by atoms with Gasteiger partial charge >= 0.3 is 5.69 Å². The molecule has 168 valence electrons. The molecule has 10 heteroatoms. The van der Waals surface area contributed by atoms with Gasteiger partial charge in [0.15, 0.2) is 11.2 Å². The summed E-state index contributed by atoms with van der Waals surface area (Å²) in [6.45, 7) is 2.56. The number of ether oxygens (including phenoxy) is 1. The molecule has 0 amide bonds. The lowest BCUT2D eigenvalue weighted by Gasteiger charge is -2.15. The van der Waals surface area contributed by atoms with Crippen LogP contribution in [0.4, 0.5) is 0 Å². The number of benzene rings is 1. The fourth-order valence-corrected chi connectivity index (χ4v) is 3.70. The van der Waals surface area contributed by atoms with Gasteiger partial charge in [-0.25, -0.2) is 9.20 Å². The molecule has 0 aliphatic rings. The Morgan fingerprint density at radius 1 is 1.03 bits per heavy atom. The van der Waals surface area contributed by atoms with Crippen molar-refractivity contribution in [2.45, 2.75) is 32.9 Å². The summed E-state index contributed by atoms with van der Waals surface area (Å²) in [4.78, 5) is 43.1. The predicted molar refractivity (Wildman–Crippen MR) is 119 cm³/mol. The Kier molecular flexibility index (Phi) is 5.70. The van der Waals surface area contributed by atoms with Crippen molar-refractivity contribution in [2.24, 2.45) is 14.1 Å². The largest absolute Gasteiger partial charge is 0.494 e. The van der Waals surface area contributed by atoms with E-state index in [2.05, 4.69) is 4.98 Å². The summed E-state index contributed by atoms with van der Waals surface area (Å²) in [5.74, 6) is -0.207. The van der Waals surface area contributed by atoms with Crippen molar-refractivity contribution in [1.82, 2.24) is 23.1 Å². The Balaban J connectivity index is 2.06. The van der Waals surface area contributed by atoms with Gasteiger partial charge in [-0.1, -0.05) is 43.7 Å². The number of aromatic hydroxyl groups is 1. The zero-order chi connectivity index (χ0) is 23.0. The van der Waals surface area contributed by atoms with Gasteiger partial charge in [0, 0.05) is 20.7 Å². The molecule has 3 aromatic heterocycles. The van der Waals surface area contributed by atoms with Crippen molar-refractivity contribution >= 4 is 16.9 Å². The van der Waals surface area contributed by atoms with Gasteiger partial charge in [-0.05, 0) is 12.0 Å². The molecule has 0 spiro atoms. The van der Waals surface area contributed by atoms with E-state index in [1.807, 2.05) is 37.3 Å². The third-order valence-electron chi connectivity index (χ3n) is 5.54. The number of nitrogens with zero attached hydrogens (tertiary/aromatic N) is 5. The first-order valence-electron chi connectivity index (χ1n) is 10.4. The van der Waals surface area contributed by atoms with E-state index in [9.17, 15) is 19.5 Å². The zero-order valence-electron chi connectivity index (χ0n) is 18.2. The van der Waals surface area contributed by atoms with Crippen LogP contribution in [-0.2, 0) is 32.0 Å². The summed E-state index contributed by atoms with van der Waals surface area (Å²) >= 11 is 0. The van der Waals surface area contributed by atoms with E-state index in [1.165, 1.54) is 23.2 Å². The average Bonchev–Trinajstić information content (AvgIpc) is 3.20. The minimum Gasteiger partial charge on any atom is -0.494 e. The molecule has 3 heterocycles. The summed E-state index contributed by atoms with van der Waals surface area (Å²) in [6.07, 6.45) is 1.75. The number of hydrogen-bond acceptors (Lipinski definition) is 6.